The fourth-order valence-corrected chi connectivity index (χ4v) is 4.69. The van der Waals surface area contributed by atoms with Crippen LogP contribution >= 0.6 is 11.6 Å². The van der Waals surface area contributed by atoms with Gasteiger partial charge in [0.05, 0.1) is 10.5 Å². The highest BCUT2D eigenvalue weighted by Gasteiger charge is 2.33. The molecule has 0 saturated carbocycles. The minimum absolute atomic E-state index is 0.0353. The van der Waals surface area contributed by atoms with Crippen LogP contribution in [0.3, 0.4) is 0 Å². The number of hydrogen-bond acceptors (Lipinski definition) is 1. The summed E-state index contributed by atoms with van der Waals surface area (Å²) < 4.78 is 14.1. The van der Waals surface area contributed by atoms with Crippen molar-refractivity contribution in [2.75, 3.05) is 5.32 Å². The molecular weight excluding hydrogens is 335 g/mol. The summed E-state index contributed by atoms with van der Waals surface area (Å²) in [5.74, 6) is 0.0888. The summed E-state index contributed by atoms with van der Waals surface area (Å²) in [5, 5.41) is 5.21. The van der Waals surface area contributed by atoms with Crippen LogP contribution in [-0.2, 0) is 0 Å². The van der Waals surface area contributed by atoms with Gasteiger partial charge in [-0.15, -0.1) is 0 Å². The van der Waals surface area contributed by atoms with Crippen LogP contribution in [0.2, 0.25) is 5.02 Å². The Morgan fingerprint density at radius 1 is 1.20 bits per heavy atom. The quantitative estimate of drug-likeness (QED) is 0.503. The van der Waals surface area contributed by atoms with Crippen molar-refractivity contribution >= 4 is 28.2 Å². The normalized spacial score (nSPS) is 18.9. The molecule has 4 rings (SSSR count). The van der Waals surface area contributed by atoms with Crippen molar-refractivity contribution < 1.29 is 4.39 Å². The largest absolute Gasteiger partial charge is 0.380 e. The summed E-state index contributed by atoms with van der Waals surface area (Å²) in [6.45, 7) is 8.72. The summed E-state index contributed by atoms with van der Waals surface area (Å²) in [5.41, 5.74) is 6.05. The molecule has 0 spiro atoms. The first-order valence-electron chi connectivity index (χ1n) is 8.65. The Morgan fingerprint density at radius 2 is 1.96 bits per heavy atom. The number of H-pyrrole nitrogens is 1. The number of aromatic nitrogens is 1. The molecule has 1 unspecified atom stereocenters. The molecule has 2 aromatic carbocycles. The number of aryl methyl sites for hydroxylation is 1. The van der Waals surface area contributed by atoms with Gasteiger partial charge in [0.15, 0.2) is 0 Å². The number of halogens is 2. The maximum atomic E-state index is 14.1. The van der Waals surface area contributed by atoms with Crippen LogP contribution in [-0.4, -0.2) is 10.5 Å². The van der Waals surface area contributed by atoms with E-state index in [-0.39, 0.29) is 11.4 Å². The van der Waals surface area contributed by atoms with Crippen molar-refractivity contribution in [1.82, 2.24) is 4.98 Å². The predicted molar refractivity (Wildman–Crippen MR) is 104 cm³/mol. The number of hydrogen-bond donors (Lipinski definition) is 2. The van der Waals surface area contributed by atoms with Crippen LogP contribution in [0.1, 0.15) is 44.2 Å². The highest BCUT2D eigenvalue weighted by Crippen LogP contribution is 2.48. The number of benzene rings is 2. The fraction of sp³-hybridized carbons (Fsp3) is 0.333. The second-order valence-electron chi connectivity index (χ2n) is 7.85. The van der Waals surface area contributed by atoms with Gasteiger partial charge in [-0.1, -0.05) is 18.5 Å². The molecular formula is C21H22ClFN2. The second kappa shape index (κ2) is 5.50. The lowest BCUT2D eigenvalue weighted by molar-refractivity contribution is 0.454. The molecule has 1 aromatic heterocycles. The van der Waals surface area contributed by atoms with Gasteiger partial charge >= 0.3 is 0 Å². The average Bonchev–Trinajstić information content (AvgIpc) is 2.96. The topological polar surface area (TPSA) is 27.8 Å². The summed E-state index contributed by atoms with van der Waals surface area (Å²) >= 11 is 6.86. The molecule has 25 heavy (non-hydrogen) atoms. The third-order valence-corrected chi connectivity index (χ3v) is 5.59. The van der Waals surface area contributed by atoms with Crippen molar-refractivity contribution in [3.8, 4) is 11.1 Å². The average molecular weight is 357 g/mol. The summed E-state index contributed by atoms with van der Waals surface area (Å²) in [4.78, 5) is 3.22. The molecule has 4 heteroatoms. The Labute approximate surface area is 152 Å². The smallest absolute Gasteiger partial charge is 0.124 e. The van der Waals surface area contributed by atoms with Crippen LogP contribution < -0.4 is 5.32 Å². The molecule has 2 nitrogen and oxygen atoms in total. The van der Waals surface area contributed by atoms with E-state index < -0.39 is 0 Å². The van der Waals surface area contributed by atoms with Gasteiger partial charge in [-0.05, 0) is 68.5 Å². The number of rotatable bonds is 1. The summed E-state index contributed by atoms with van der Waals surface area (Å²) in [7, 11) is 0. The number of aromatic amines is 1. The molecule has 1 aliphatic rings. The Kier molecular flexibility index (Phi) is 3.62. The number of fused-ring (bicyclic) bond motifs is 2. The van der Waals surface area contributed by atoms with Gasteiger partial charge < -0.3 is 10.3 Å². The third-order valence-electron chi connectivity index (χ3n) is 5.18. The van der Waals surface area contributed by atoms with Crippen molar-refractivity contribution in [2.24, 2.45) is 0 Å². The van der Waals surface area contributed by atoms with Gasteiger partial charge in [0.2, 0.25) is 0 Å². The van der Waals surface area contributed by atoms with E-state index >= 15 is 0 Å². The van der Waals surface area contributed by atoms with E-state index in [0.717, 1.165) is 50.3 Å². The van der Waals surface area contributed by atoms with E-state index in [1.165, 1.54) is 0 Å². The maximum absolute atomic E-state index is 14.1. The van der Waals surface area contributed by atoms with Gasteiger partial charge in [-0.3, -0.25) is 0 Å². The minimum Gasteiger partial charge on any atom is -0.380 e. The molecule has 0 radical (unpaired) electrons. The highest BCUT2D eigenvalue weighted by atomic mass is 35.5. The van der Waals surface area contributed by atoms with E-state index in [0.29, 0.717) is 5.92 Å². The number of anilines is 1. The molecule has 130 valence electrons. The van der Waals surface area contributed by atoms with Crippen LogP contribution in [0.15, 0.2) is 30.5 Å². The second-order valence-corrected chi connectivity index (χ2v) is 8.23. The van der Waals surface area contributed by atoms with Crippen molar-refractivity contribution in [3.63, 3.8) is 0 Å². The van der Waals surface area contributed by atoms with Gasteiger partial charge in [-0.25, -0.2) is 4.39 Å². The van der Waals surface area contributed by atoms with Crippen molar-refractivity contribution in [3.05, 3.63) is 52.4 Å². The Bertz CT molecular complexity index is 987. The van der Waals surface area contributed by atoms with Crippen molar-refractivity contribution in [2.45, 2.75) is 45.6 Å². The van der Waals surface area contributed by atoms with Gasteiger partial charge in [-0.2, -0.15) is 0 Å². The first kappa shape index (κ1) is 16.5. The maximum Gasteiger partial charge on any atom is 0.124 e. The fourth-order valence-electron chi connectivity index (χ4n) is 4.25. The zero-order valence-electron chi connectivity index (χ0n) is 14.9. The number of nitrogens with one attached hydrogen (secondary N) is 2. The van der Waals surface area contributed by atoms with E-state index in [4.69, 9.17) is 11.6 Å². The lowest BCUT2D eigenvalue weighted by Gasteiger charge is -2.39. The third kappa shape index (κ3) is 2.62. The zero-order valence-corrected chi connectivity index (χ0v) is 15.7. The van der Waals surface area contributed by atoms with E-state index in [1.807, 2.05) is 12.3 Å². The lowest BCUT2D eigenvalue weighted by Crippen LogP contribution is -2.37. The molecule has 0 saturated heterocycles. The standard InChI is InChI=1S/C21H22ClFN2/c1-11-7-15(16-9-14(23)8-13-5-6-24-20(13)16)18(22)17-12(2)10-21(3,4)25-19(11)17/h5-9,12,24-25H,10H2,1-4H3. The van der Waals surface area contributed by atoms with E-state index in [1.54, 1.807) is 12.1 Å². The Balaban J connectivity index is 2.00. The molecule has 0 amide bonds. The predicted octanol–water partition coefficient (Wildman–Crippen LogP) is 6.63. The van der Waals surface area contributed by atoms with Gasteiger partial charge in [0.25, 0.3) is 0 Å². The summed E-state index contributed by atoms with van der Waals surface area (Å²) in [6, 6.07) is 7.06. The zero-order chi connectivity index (χ0) is 17.9. The highest BCUT2D eigenvalue weighted by molar-refractivity contribution is 6.35. The minimum atomic E-state index is -0.249. The van der Waals surface area contributed by atoms with E-state index in [9.17, 15) is 4.39 Å². The summed E-state index contributed by atoms with van der Waals surface area (Å²) in [6.07, 6.45) is 2.84. The molecule has 0 aliphatic carbocycles. The Hall–Kier alpha value is -2.00. The Morgan fingerprint density at radius 3 is 2.72 bits per heavy atom. The van der Waals surface area contributed by atoms with Crippen LogP contribution in [0, 0.1) is 12.7 Å². The first-order valence-corrected chi connectivity index (χ1v) is 9.03. The molecule has 3 aromatic rings. The van der Waals surface area contributed by atoms with E-state index in [2.05, 4.69) is 44.1 Å². The molecule has 2 N–H and O–H groups in total. The molecule has 1 atom stereocenters. The molecule has 0 bridgehead atoms. The molecule has 2 heterocycles. The van der Waals surface area contributed by atoms with Crippen LogP contribution in [0.4, 0.5) is 10.1 Å². The SMILES string of the molecule is Cc1cc(-c2cc(F)cc3cc[nH]c23)c(Cl)c2c1NC(C)(C)CC2C. The van der Waals surface area contributed by atoms with Crippen molar-refractivity contribution in [1.29, 1.82) is 0 Å². The molecule has 0 fully saturated rings. The van der Waals surface area contributed by atoms with Gasteiger partial charge in [0, 0.05) is 33.9 Å². The van der Waals surface area contributed by atoms with Crippen LogP contribution in [0.25, 0.3) is 22.0 Å². The van der Waals surface area contributed by atoms with Gasteiger partial charge in [0.1, 0.15) is 5.82 Å². The first-order chi connectivity index (χ1) is 11.8. The molecule has 1 aliphatic heterocycles. The lowest BCUT2D eigenvalue weighted by atomic mass is 9.79. The monoisotopic (exact) mass is 356 g/mol. The van der Waals surface area contributed by atoms with Crippen LogP contribution in [0.5, 0.6) is 0 Å².